The molecular weight excluding hydrogens is 456 g/mol. The van der Waals surface area contributed by atoms with Crippen molar-refractivity contribution in [3.8, 4) is 5.75 Å². The van der Waals surface area contributed by atoms with Gasteiger partial charge in [0.2, 0.25) is 0 Å². The van der Waals surface area contributed by atoms with Crippen LogP contribution in [0.2, 0.25) is 0 Å². The minimum Gasteiger partial charge on any atom is -0.487 e. The summed E-state index contributed by atoms with van der Waals surface area (Å²) in [6.45, 7) is -0.0780. The zero-order valence-corrected chi connectivity index (χ0v) is 16.5. The van der Waals surface area contributed by atoms with Crippen LogP contribution < -0.4 is 15.4 Å². The highest BCUT2D eigenvalue weighted by Crippen LogP contribution is 2.35. The Kier molecular flexibility index (Phi) is 6.83. The Morgan fingerprint density at radius 3 is 2.44 bits per heavy atom. The number of hydrogen-bond donors (Lipinski definition) is 3. The molecule has 0 bridgehead atoms. The van der Waals surface area contributed by atoms with Crippen LogP contribution in [0.3, 0.4) is 0 Å². The minimum atomic E-state index is -1.10. The second kappa shape index (κ2) is 8.87. The van der Waals surface area contributed by atoms with Crippen LogP contribution in [0, 0.1) is 0 Å². The van der Waals surface area contributed by atoms with Crippen molar-refractivity contribution in [2.75, 3.05) is 18.9 Å². The Hall–Kier alpha value is -2.06. The Morgan fingerprint density at radius 2 is 1.84 bits per heavy atom. The summed E-state index contributed by atoms with van der Waals surface area (Å²) in [5, 5.41) is 14.0. The lowest BCUT2D eigenvalue weighted by molar-refractivity contribution is -0.135. The first-order chi connectivity index (χ1) is 11.9. The van der Waals surface area contributed by atoms with Crippen LogP contribution in [-0.2, 0) is 11.4 Å². The van der Waals surface area contributed by atoms with Gasteiger partial charge in [0.1, 0.15) is 18.9 Å². The summed E-state index contributed by atoms with van der Waals surface area (Å²) >= 11 is 6.77. The van der Waals surface area contributed by atoms with Gasteiger partial charge in [0.15, 0.2) is 0 Å². The van der Waals surface area contributed by atoms with Gasteiger partial charge < -0.3 is 20.5 Å². The third kappa shape index (κ3) is 5.47. The molecule has 0 saturated heterocycles. The fourth-order valence-corrected chi connectivity index (χ4v) is 3.47. The lowest BCUT2D eigenvalue weighted by Gasteiger charge is -2.13. The van der Waals surface area contributed by atoms with Crippen molar-refractivity contribution in [3.05, 3.63) is 56.5 Å². The summed E-state index contributed by atoms with van der Waals surface area (Å²) in [6, 6.07) is 11.0. The Labute approximate surface area is 161 Å². The summed E-state index contributed by atoms with van der Waals surface area (Å²) in [7, 11) is 1.85. The van der Waals surface area contributed by atoms with E-state index in [4.69, 9.17) is 9.84 Å². The molecule has 3 N–H and O–H groups in total. The van der Waals surface area contributed by atoms with Crippen LogP contribution in [0.25, 0.3) is 0 Å². The summed E-state index contributed by atoms with van der Waals surface area (Å²) in [6.07, 6.45) is 0. The molecule has 0 aliphatic rings. The first-order valence-corrected chi connectivity index (χ1v) is 8.88. The lowest BCUT2D eigenvalue weighted by atomic mass is 10.2. The number of amides is 1. The molecule has 2 aromatic carbocycles. The second-order valence-electron chi connectivity index (χ2n) is 5.08. The number of carbonyl (C=O) groups is 2. The highest BCUT2D eigenvalue weighted by Gasteiger charge is 2.14. The van der Waals surface area contributed by atoms with Crippen LogP contribution >= 0.6 is 31.9 Å². The van der Waals surface area contributed by atoms with Gasteiger partial charge in [-0.1, -0.05) is 12.1 Å². The quantitative estimate of drug-likeness (QED) is 0.573. The van der Waals surface area contributed by atoms with Crippen LogP contribution in [0.4, 0.5) is 5.69 Å². The average Bonchev–Trinajstić information content (AvgIpc) is 2.58. The van der Waals surface area contributed by atoms with Crippen molar-refractivity contribution < 1.29 is 19.4 Å². The number of carboxylic acid groups (broad SMARTS) is 1. The Balaban J connectivity index is 2.11. The average molecular weight is 472 g/mol. The third-order valence-corrected chi connectivity index (χ3v) is 4.44. The predicted octanol–water partition coefficient (Wildman–Crippen LogP) is 3.65. The van der Waals surface area contributed by atoms with Crippen LogP contribution in [-0.4, -0.2) is 30.6 Å². The molecule has 0 atom stereocenters. The van der Waals surface area contributed by atoms with E-state index in [1.807, 2.05) is 31.3 Å². The first kappa shape index (κ1) is 19.3. The predicted molar refractivity (Wildman–Crippen MR) is 102 cm³/mol. The number of carboxylic acids is 1. The van der Waals surface area contributed by atoms with Gasteiger partial charge >= 0.3 is 5.97 Å². The largest absolute Gasteiger partial charge is 0.487 e. The first-order valence-electron chi connectivity index (χ1n) is 7.29. The van der Waals surface area contributed by atoms with E-state index in [2.05, 4.69) is 42.5 Å². The number of rotatable bonds is 7. The molecule has 0 radical (unpaired) electrons. The van der Waals surface area contributed by atoms with Crippen molar-refractivity contribution in [3.63, 3.8) is 0 Å². The number of nitrogens with one attached hydrogen (secondary N) is 2. The van der Waals surface area contributed by atoms with Crippen LogP contribution in [0.5, 0.6) is 5.75 Å². The van der Waals surface area contributed by atoms with Gasteiger partial charge in [-0.2, -0.15) is 0 Å². The molecule has 6 nitrogen and oxygen atoms in total. The maximum Gasteiger partial charge on any atom is 0.322 e. The van der Waals surface area contributed by atoms with Crippen LogP contribution in [0.1, 0.15) is 15.9 Å². The molecule has 1 amide bonds. The molecule has 0 heterocycles. The van der Waals surface area contributed by atoms with E-state index in [0.29, 0.717) is 26.9 Å². The normalized spacial score (nSPS) is 10.2. The summed E-state index contributed by atoms with van der Waals surface area (Å²) in [5.74, 6) is -1.02. The number of ether oxygens (including phenoxy) is 1. The monoisotopic (exact) mass is 470 g/mol. The summed E-state index contributed by atoms with van der Waals surface area (Å²) < 4.78 is 7.02. The zero-order chi connectivity index (χ0) is 18.4. The van der Waals surface area contributed by atoms with Crippen molar-refractivity contribution in [1.82, 2.24) is 5.32 Å². The number of anilines is 1. The maximum atomic E-state index is 12.0. The molecule has 2 rings (SSSR count). The molecule has 25 heavy (non-hydrogen) atoms. The number of aliphatic carboxylic acids is 1. The van der Waals surface area contributed by atoms with Crippen molar-refractivity contribution in [1.29, 1.82) is 0 Å². The third-order valence-electron chi connectivity index (χ3n) is 3.26. The molecule has 0 spiro atoms. The molecule has 0 aliphatic heterocycles. The van der Waals surface area contributed by atoms with E-state index in [1.165, 1.54) is 0 Å². The van der Waals surface area contributed by atoms with E-state index >= 15 is 0 Å². The molecule has 0 aliphatic carbocycles. The van der Waals surface area contributed by atoms with E-state index in [9.17, 15) is 9.59 Å². The molecule has 0 unspecified atom stereocenters. The number of carbonyl (C=O) groups excluding carboxylic acids is 1. The minimum absolute atomic E-state index is 0.324. The summed E-state index contributed by atoms with van der Waals surface area (Å²) in [4.78, 5) is 22.5. The second-order valence-corrected chi connectivity index (χ2v) is 6.79. The summed E-state index contributed by atoms with van der Waals surface area (Å²) in [5.41, 5.74) is 2.31. The Bertz CT molecular complexity index is 773. The van der Waals surface area contributed by atoms with E-state index in [-0.39, 0.29) is 0 Å². The molecule has 0 fully saturated rings. The van der Waals surface area contributed by atoms with Crippen LogP contribution in [0.15, 0.2) is 45.3 Å². The molecule has 132 valence electrons. The molecule has 0 aromatic heterocycles. The van der Waals surface area contributed by atoms with Crippen molar-refractivity contribution in [2.45, 2.75) is 6.61 Å². The number of benzene rings is 2. The molecule has 2 aromatic rings. The SMILES string of the molecule is CNc1cccc(COc2c(Br)cc(C(=O)NCC(=O)O)cc2Br)c1. The molecule has 0 saturated carbocycles. The van der Waals surface area contributed by atoms with Gasteiger partial charge in [0, 0.05) is 18.3 Å². The van der Waals surface area contributed by atoms with Gasteiger partial charge in [-0.3, -0.25) is 9.59 Å². The maximum absolute atomic E-state index is 12.0. The smallest absolute Gasteiger partial charge is 0.322 e. The van der Waals surface area contributed by atoms with Crippen molar-refractivity contribution >= 4 is 49.4 Å². The topological polar surface area (TPSA) is 87.7 Å². The van der Waals surface area contributed by atoms with Gasteiger partial charge in [-0.05, 0) is 61.7 Å². The van der Waals surface area contributed by atoms with E-state index < -0.39 is 18.4 Å². The van der Waals surface area contributed by atoms with Gasteiger partial charge in [0.05, 0.1) is 8.95 Å². The van der Waals surface area contributed by atoms with E-state index in [1.54, 1.807) is 12.1 Å². The van der Waals surface area contributed by atoms with E-state index in [0.717, 1.165) is 11.3 Å². The fraction of sp³-hybridized carbons (Fsp3) is 0.176. The molecule has 8 heteroatoms. The highest BCUT2D eigenvalue weighted by atomic mass is 79.9. The lowest BCUT2D eigenvalue weighted by Crippen LogP contribution is -2.29. The zero-order valence-electron chi connectivity index (χ0n) is 13.3. The fourth-order valence-electron chi connectivity index (χ4n) is 2.06. The molecular formula is C17H16Br2N2O4. The highest BCUT2D eigenvalue weighted by molar-refractivity contribution is 9.11. The van der Waals surface area contributed by atoms with Gasteiger partial charge in [0.25, 0.3) is 5.91 Å². The van der Waals surface area contributed by atoms with Crippen molar-refractivity contribution in [2.24, 2.45) is 0 Å². The standard InChI is InChI=1S/C17H16Br2N2O4/c1-20-12-4-2-3-10(5-12)9-25-16-13(18)6-11(7-14(16)19)17(24)21-8-15(22)23/h2-7,20H,8-9H2,1H3,(H,21,24)(H,22,23). The van der Waals surface area contributed by atoms with Gasteiger partial charge in [-0.25, -0.2) is 0 Å². The number of halogens is 2. The Morgan fingerprint density at radius 1 is 1.16 bits per heavy atom. The van der Waals surface area contributed by atoms with Gasteiger partial charge in [-0.15, -0.1) is 0 Å². The number of hydrogen-bond acceptors (Lipinski definition) is 4.